The van der Waals surface area contributed by atoms with Gasteiger partial charge in [-0.05, 0) is 13.8 Å². The number of nitro groups is 1. The van der Waals surface area contributed by atoms with Crippen LogP contribution in [0.5, 0.6) is 0 Å². The van der Waals surface area contributed by atoms with Gasteiger partial charge in [-0.2, -0.15) is 0 Å². The van der Waals surface area contributed by atoms with E-state index < -0.39 is 0 Å². The van der Waals surface area contributed by atoms with Gasteiger partial charge < -0.3 is 4.57 Å². The topological polar surface area (TPSA) is 73.8 Å². The van der Waals surface area contributed by atoms with E-state index in [9.17, 15) is 10.1 Å². The second kappa shape index (κ2) is 5.48. The van der Waals surface area contributed by atoms with Crippen molar-refractivity contribution in [1.82, 2.24) is 14.8 Å². The van der Waals surface area contributed by atoms with Crippen LogP contribution in [0, 0.1) is 17.0 Å². The van der Waals surface area contributed by atoms with E-state index in [2.05, 4.69) is 26.1 Å². The second-order valence-electron chi connectivity index (χ2n) is 4.02. The lowest BCUT2D eigenvalue weighted by atomic mass is 10.1. The van der Waals surface area contributed by atoms with E-state index in [4.69, 9.17) is 0 Å². The number of alkyl halides is 1. The van der Waals surface area contributed by atoms with E-state index >= 15 is 0 Å². The first kappa shape index (κ1) is 13.7. The lowest BCUT2D eigenvalue weighted by Gasteiger charge is -2.08. The summed E-state index contributed by atoms with van der Waals surface area (Å²) in [7, 11) is 0. The molecule has 100 valence electrons. The van der Waals surface area contributed by atoms with E-state index in [0.717, 1.165) is 11.4 Å². The van der Waals surface area contributed by atoms with E-state index in [1.807, 2.05) is 17.6 Å². The van der Waals surface area contributed by atoms with E-state index in [1.54, 1.807) is 13.0 Å². The Kier molecular flexibility index (Phi) is 3.94. The molecule has 1 aromatic heterocycles. The summed E-state index contributed by atoms with van der Waals surface area (Å²) in [6.07, 6.45) is 0. The lowest BCUT2D eigenvalue weighted by molar-refractivity contribution is -0.385. The highest BCUT2D eigenvalue weighted by atomic mass is 79.9. The number of nitrogens with zero attached hydrogens (tertiary/aromatic N) is 4. The minimum atomic E-state index is -0.378. The Bertz CT molecular complexity index is 624. The summed E-state index contributed by atoms with van der Waals surface area (Å²) in [4.78, 5) is 10.6. The zero-order chi connectivity index (χ0) is 14.0. The van der Waals surface area contributed by atoms with E-state index in [1.165, 1.54) is 6.07 Å². The third-order valence-corrected chi connectivity index (χ3v) is 3.51. The van der Waals surface area contributed by atoms with Gasteiger partial charge in [-0.15, -0.1) is 10.2 Å². The van der Waals surface area contributed by atoms with Gasteiger partial charge in [0.05, 0.1) is 10.3 Å². The molecule has 0 bridgehead atoms. The summed E-state index contributed by atoms with van der Waals surface area (Å²) in [5, 5.41) is 19.8. The van der Waals surface area contributed by atoms with Crippen LogP contribution >= 0.6 is 15.9 Å². The standard InChI is InChI=1S/C12H13BrN4O2/c1-3-16-11(7-13)14-15-12(16)9-5-4-6-10(8(9)2)17(18)19/h4-6H,3,7H2,1-2H3. The average molecular weight is 325 g/mol. The summed E-state index contributed by atoms with van der Waals surface area (Å²) in [5.41, 5.74) is 1.45. The maximum absolute atomic E-state index is 11.0. The van der Waals surface area contributed by atoms with Crippen molar-refractivity contribution in [2.24, 2.45) is 0 Å². The van der Waals surface area contributed by atoms with Crippen molar-refractivity contribution in [3.05, 3.63) is 39.7 Å². The van der Waals surface area contributed by atoms with Gasteiger partial charge in [0.25, 0.3) is 5.69 Å². The van der Waals surface area contributed by atoms with Gasteiger partial charge in [0, 0.05) is 23.7 Å². The second-order valence-corrected chi connectivity index (χ2v) is 4.59. The molecule has 2 aromatic rings. The maximum atomic E-state index is 11.0. The minimum Gasteiger partial charge on any atom is -0.311 e. The van der Waals surface area contributed by atoms with Crippen LogP contribution in [0.1, 0.15) is 18.3 Å². The molecule has 0 saturated heterocycles. The van der Waals surface area contributed by atoms with Gasteiger partial charge in [0.1, 0.15) is 5.82 Å². The molecular weight excluding hydrogens is 312 g/mol. The first-order valence-corrected chi connectivity index (χ1v) is 6.94. The van der Waals surface area contributed by atoms with Crippen molar-refractivity contribution in [2.75, 3.05) is 0 Å². The van der Waals surface area contributed by atoms with Gasteiger partial charge in [0.2, 0.25) is 0 Å². The molecule has 0 N–H and O–H groups in total. The molecule has 6 nitrogen and oxygen atoms in total. The van der Waals surface area contributed by atoms with Crippen LogP contribution in [0.4, 0.5) is 5.69 Å². The van der Waals surface area contributed by atoms with Gasteiger partial charge in [-0.3, -0.25) is 10.1 Å². The largest absolute Gasteiger partial charge is 0.311 e. The van der Waals surface area contributed by atoms with Crippen LogP contribution in [-0.4, -0.2) is 19.7 Å². The summed E-state index contributed by atoms with van der Waals surface area (Å²) < 4.78 is 1.95. The molecule has 0 amide bonds. The predicted octanol–water partition coefficient (Wildman–Crippen LogP) is 3.08. The highest BCUT2D eigenvalue weighted by Crippen LogP contribution is 2.29. The highest BCUT2D eigenvalue weighted by Gasteiger charge is 2.19. The maximum Gasteiger partial charge on any atom is 0.273 e. The third-order valence-electron chi connectivity index (χ3n) is 3.01. The average Bonchev–Trinajstić information content (AvgIpc) is 2.81. The fourth-order valence-corrected chi connectivity index (χ4v) is 2.44. The summed E-state index contributed by atoms with van der Waals surface area (Å²) in [5.74, 6) is 1.47. The lowest BCUT2D eigenvalue weighted by Crippen LogP contribution is -2.03. The zero-order valence-corrected chi connectivity index (χ0v) is 12.2. The zero-order valence-electron chi connectivity index (χ0n) is 10.6. The molecule has 1 heterocycles. The van der Waals surface area contributed by atoms with Crippen molar-refractivity contribution in [3.63, 3.8) is 0 Å². The van der Waals surface area contributed by atoms with Crippen molar-refractivity contribution < 1.29 is 4.92 Å². The molecule has 0 spiro atoms. The number of aromatic nitrogens is 3. The molecule has 0 unspecified atom stereocenters. The smallest absolute Gasteiger partial charge is 0.273 e. The van der Waals surface area contributed by atoms with E-state index in [-0.39, 0.29) is 10.6 Å². The Morgan fingerprint density at radius 2 is 2.16 bits per heavy atom. The van der Waals surface area contributed by atoms with E-state index in [0.29, 0.717) is 23.3 Å². The van der Waals surface area contributed by atoms with Crippen LogP contribution in [0.15, 0.2) is 18.2 Å². The molecule has 2 rings (SSSR count). The van der Waals surface area contributed by atoms with Crippen molar-refractivity contribution >= 4 is 21.6 Å². The molecule has 19 heavy (non-hydrogen) atoms. The summed E-state index contributed by atoms with van der Waals surface area (Å²) >= 11 is 3.36. The van der Waals surface area contributed by atoms with Crippen LogP contribution in [-0.2, 0) is 11.9 Å². The minimum absolute atomic E-state index is 0.101. The Morgan fingerprint density at radius 1 is 1.42 bits per heavy atom. The fourth-order valence-electron chi connectivity index (χ4n) is 2.03. The number of hydrogen-bond acceptors (Lipinski definition) is 4. The normalized spacial score (nSPS) is 10.7. The van der Waals surface area contributed by atoms with Crippen LogP contribution < -0.4 is 0 Å². The fraction of sp³-hybridized carbons (Fsp3) is 0.333. The number of benzene rings is 1. The molecule has 0 radical (unpaired) electrons. The molecule has 0 fully saturated rings. The predicted molar refractivity (Wildman–Crippen MR) is 75.2 cm³/mol. The SMILES string of the molecule is CCn1c(CBr)nnc1-c1cccc([N+](=O)[O-])c1C. The number of rotatable bonds is 4. The molecule has 0 atom stereocenters. The van der Waals surface area contributed by atoms with Crippen LogP contribution in [0.3, 0.4) is 0 Å². The quantitative estimate of drug-likeness (QED) is 0.492. The van der Waals surface area contributed by atoms with Gasteiger partial charge >= 0.3 is 0 Å². The highest BCUT2D eigenvalue weighted by molar-refractivity contribution is 9.08. The molecule has 7 heteroatoms. The molecule has 1 aromatic carbocycles. The number of halogens is 1. The summed E-state index contributed by atoms with van der Waals surface area (Å²) in [6, 6.07) is 5.00. The third kappa shape index (κ3) is 2.37. The Balaban J connectivity index is 2.62. The Morgan fingerprint density at radius 3 is 2.74 bits per heavy atom. The number of nitro benzene ring substituents is 1. The Hall–Kier alpha value is -1.76. The van der Waals surface area contributed by atoms with Crippen LogP contribution in [0.25, 0.3) is 11.4 Å². The van der Waals surface area contributed by atoms with Crippen LogP contribution in [0.2, 0.25) is 0 Å². The van der Waals surface area contributed by atoms with Crippen molar-refractivity contribution in [3.8, 4) is 11.4 Å². The van der Waals surface area contributed by atoms with Gasteiger partial charge in [-0.25, -0.2) is 0 Å². The molecule has 0 aliphatic heterocycles. The molecular formula is C12H13BrN4O2. The summed E-state index contributed by atoms with van der Waals surface area (Å²) in [6.45, 7) is 4.44. The molecule has 0 aliphatic rings. The monoisotopic (exact) mass is 324 g/mol. The van der Waals surface area contributed by atoms with Gasteiger partial charge in [-0.1, -0.05) is 28.1 Å². The number of hydrogen-bond donors (Lipinski definition) is 0. The van der Waals surface area contributed by atoms with Crippen molar-refractivity contribution in [1.29, 1.82) is 0 Å². The first-order valence-electron chi connectivity index (χ1n) is 5.82. The van der Waals surface area contributed by atoms with Gasteiger partial charge in [0.15, 0.2) is 5.82 Å². The molecule has 0 saturated carbocycles. The van der Waals surface area contributed by atoms with Crippen molar-refractivity contribution in [2.45, 2.75) is 25.7 Å². The first-order chi connectivity index (χ1) is 9.10. The molecule has 0 aliphatic carbocycles. The Labute approximate surface area is 118 Å².